The van der Waals surface area contributed by atoms with Crippen LogP contribution in [0.4, 0.5) is 5.69 Å². The van der Waals surface area contributed by atoms with Gasteiger partial charge in [0.1, 0.15) is 0 Å². The highest BCUT2D eigenvalue weighted by atomic mass is 16.5. The van der Waals surface area contributed by atoms with Crippen LogP contribution in [0.1, 0.15) is 25.0 Å². The number of carbonyl (C=O) groups excluding carboxylic acids is 1. The van der Waals surface area contributed by atoms with Gasteiger partial charge in [-0.15, -0.1) is 0 Å². The second-order valence-electron chi connectivity index (χ2n) is 5.97. The van der Waals surface area contributed by atoms with Gasteiger partial charge in [-0.1, -0.05) is 12.1 Å². The zero-order chi connectivity index (χ0) is 19.1. The number of nitriles is 1. The molecule has 5 nitrogen and oxygen atoms in total. The maximum absolute atomic E-state index is 12.4. The quantitative estimate of drug-likeness (QED) is 0.738. The van der Waals surface area contributed by atoms with Crippen LogP contribution in [0.2, 0.25) is 0 Å². The van der Waals surface area contributed by atoms with Gasteiger partial charge in [0, 0.05) is 18.8 Å². The predicted molar refractivity (Wildman–Crippen MR) is 102 cm³/mol. The van der Waals surface area contributed by atoms with Crippen LogP contribution in [-0.4, -0.2) is 26.2 Å². The molecule has 1 amide bonds. The zero-order valence-corrected chi connectivity index (χ0v) is 15.4. The minimum absolute atomic E-state index is 0.0460. The van der Waals surface area contributed by atoms with Crippen molar-refractivity contribution in [1.82, 2.24) is 0 Å². The van der Waals surface area contributed by atoms with Crippen molar-refractivity contribution in [3.8, 4) is 17.6 Å². The minimum atomic E-state index is -0.193. The van der Waals surface area contributed by atoms with E-state index < -0.39 is 0 Å². The SMILES string of the molecule is COc1cc(/C=C/C(=O)N(C)c2cccc(C#N)c2)ccc1OC(C)C. The van der Waals surface area contributed by atoms with Crippen LogP contribution < -0.4 is 14.4 Å². The smallest absolute Gasteiger partial charge is 0.250 e. The summed E-state index contributed by atoms with van der Waals surface area (Å²) in [5.41, 5.74) is 2.00. The van der Waals surface area contributed by atoms with Gasteiger partial charge in [-0.2, -0.15) is 5.26 Å². The second kappa shape index (κ2) is 8.72. The molecule has 0 unspecified atom stereocenters. The fourth-order valence-corrected chi connectivity index (χ4v) is 2.33. The first kappa shape index (κ1) is 19.1. The Labute approximate surface area is 154 Å². The van der Waals surface area contributed by atoms with E-state index in [4.69, 9.17) is 14.7 Å². The number of hydrogen-bond donors (Lipinski definition) is 0. The molecule has 0 bridgehead atoms. The van der Waals surface area contributed by atoms with Crippen LogP contribution in [0.3, 0.4) is 0 Å². The summed E-state index contributed by atoms with van der Waals surface area (Å²) in [5, 5.41) is 8.97. The third-order valence-electron chi connectivity index (χ3n) is 3.66. The molecule has 0 radical (unpaired) electrons. The van der Waals surface area contributed by atoms with Gasteiger partial charge in [0.15, 0.2) is 11.5 Å². The molecular formula is C21H22N2O3. The molecule has 0 aliphatic carbocycles. The maximum Gasteiger partial charge on any atom is 0.250 e. The fraction of sp³-hybridized carbons (Fsp3) is 0.238. The molecule has 2 aromatic carbocycles. The molecule has 0 atom stereocenters. The largest absolute Gasteiger partial charge is 0.493 e. The normalized spacial score (nSPS) is 10.6. The van der Waals surface area contributed by atoms with Crippen molar-refractivity contribution in [1.29, 1.82) is 5.26 Å². The van der Waals surface area contributed by atoms with E-state index in [-0.39, 0.29) is 12.0 Å². The van der Waals surface area contributed by atoms with E-state index >= 15 is 0 Å². The topological polar surface area (TPSA) is 62.6 Å². The predicted octanol–water partition coefficient (Wildman–Crippen LogP) is 4.03. The Morgan fingerprint density at radius 3 is 2.62 bits per heavy atom. The van der Waals surface area contributed by atoms with Gasteiger partial charge in [0.25, 0.3) is 5.91 Å². The molecule has 0 aliphatic rings. The van der Waals surface area contributed by atoms with Crippen LogP contribution in [0.25, 0.3) is 6.08 Å². The van der Waals surface area contributed by atoms with Gasteiger partial charge in [-0.05, 0) is 55.8 Å². The van der Waals surface area contributed by atoms with Crippen LogP contribution in [0, 0.1) is 11.3 Å². The summed E-state index contributed by atoms with van der Waals surface area (Å²) in [6, 6.07) is 14.5. The molecule has 0 fully saturated rings. The third-order valence-corrected chi connectivity index (χ3v) is 3.66. The number of hydrogen-bond acceptors (Lipinski definition) is 4. The maximum atomic E-state index is 12.4. The number of carbonyl (C=O) groups is 1. The van der Waals surface area contributed by atoms with Gasteiger partial charge in [0.05, 0.1) is 24.8 Å². The van der Waals surface area contributed by atoms with E-state index in [1.54, 1.807) is 44.5 Å². The molecule has 2 rings (SSSR count). The van der Waals surface area contributed by atoms with Crippen molar-refractivity contribution in [3.05, 3.63) is 59.7 Å². The molecule has 0 N–H and O–H groups in total. The summed E-state index contributed by atoms with van der Waals surface area (Å²) in [6.45, 7) is 3.89. The summed E-state index contributed by atoms with van der Waals surface area (Å²) in [6.07, 6.45) is 3.25. The molecule has 0 saturated heterocycles. The molecule has 0 saturated carbocycles. The number of benzene rings is 2. The van der Waals surface area contributed by atoms with Gasteiger partial charge < -0.3 is 14.4 Å². The van der Waals surface area contributed by atoms with E-state index in [1.165, 1.54) is 11.0 Å². The lowest BCUT2D eigenvalue weighted by molar-refractivity contribution is -0.113. The molecule has 0 aliphatic heterocycles. The monoisotopic (exact) mass is 350 g/mol. The molecule has 5 heteroatoms. The lowest BCUT2D eigenvalue weighted by atomic mass is 10.1. The highest BCUT2D eigenvalue weighted by Crippen LogP contribution is 2.29. The average Bonchev–Trinajstić information content (AvgIpc) is 2.65. The molecule has 26 heavy (non-hydrogen) atoms. The fourth-order valence-electron chi connectivity index (χ4n) is 2.33. The summed E-state index contributed by atoms with van der Waals surface area (Å²) in [5.74, 6) is 1.08. The van der Waals surface area contributed by atoms with E-state index in [0.717, 1.165) is 5.56 Å². The Kier molecular flexibility index (Phi) is 6.40. The van der Waals surface area contributed by atoms with Crippen LogP contribution in [0.15, 0.2) is 48.5 Å². The van der Waals surface area contributed by atoms with Crippen molar-refractivity contribution >= 4 is 17.7 Å². The van der Waals surface area contributed by atoms with Gasteiger partial charge in [-0.25, -0.2) is 0 Å². The van der Waals surface area contributed by atoms with Crippen molar-refractivity contribution in [2.45, 2.75) is 20.0 Å². The van der Waals surface area contributed by atoms with E-state index in [2.05, 4.69) is 6.07 Å². The Hall–Kier alpha value is -3.26. The number of rotatable bonds is 6. The average molecular weight is 350 g/mol. The molecule has 134 valence electrons. The van der Waals surface area contributed by atoms with E-state index in [1.807, 2.05) is 32.0 Å². The Morgan fingerprint density at radius 1 is 1.19 bits per heavy atom. The van der Waals surface area contributed by atoms with Crippen molar-refractivity contribution in [2.75, 3.05) is 19.1 Å². The second-order valence-corrected chi connectivity index (χ2v) is 5.97. The number of nitrogens with zero attached hydrogens (tertiary/aromatic N) is 2. The van der Waals surface area contributed by atoms with E-state index in [9.17, 15) is 4.79 Å². The summed E-state index contributed by atoms with van der Waals surface area (Å²) in [4.78, 5) is 13.9. The summed E-state index contributed by atoms with van der Waals surface area (Å²) < 4.78 is 11.0. The highest BCUT2D eigenvalue weighted by Gasteiger charge is 2.09. The molecular weight excluding hydrogens is 328 g/mol. The highest BCUT2D eigenvalue weighted by molar-refractivity contribution is 6.03. The first-order valence-corrected chi connectivity index (χ1v) is 8.25. The third kappa shape index (κ3) is 4.87. The first-order valence-electron chi connectivity index (χ1n) is 8.25. The van der Waals surface area contributed by atoms with Crippen LogP contribution >= 0.6 is 0 Å². The first-order chi connectivity index (χ1) is 12.4. The van der Waals surface area contributed by atoms with E-state index in [0.29, 0.717) is 22.7 Å². The van der Waals surface area contributed by atoms with Gasteiger partial charge in [-0.3, -0.25) is 4.79 Å². The summed E-state index contributed by atoms with van der Waals surface area (Å²) >= 11 is 0. The number of likely N-dealkylation sites (N-methyl/N-ethyl adjacent to an activating group) is 1. The molecule has 2 aromatic rings. The van der Waals surface area contributed by atoms with Gasteiger partial charge in [0.2, 0.25) is 0 Å². The molecule has 0 heterocycles. The van der Waals surface area contributed by atoms with Crippen molar-refractivity contribution in [2.24, 2.45) is 0 Å². The molecule has 0 spiro atoms. The van der Waals surface area contributed by atoms with Gasteiger partial charge >= 0.3 is 0 Å². The lowest BCUT2D eigenvalue weighted by Gasteiger charge is -2.15. The number of methoxy groups -OCH3 is 1. The Balaban J connectivity index is 2.15. The standard InChI is InChI=1S/C21H22N2O3/c1-15(2)26-19-10-8-16(13-20(19)25-4)9-11-21(24)23(3)18-7-5-6-17(12-18)14-22/h5-13,15H,1-4H3/b11-9+. The number of amides is 1. The van der Waals surface area contributed by atoms with Crippen molar-refractivity contribution in [3.63, 3.8) is 0 Å². The van der Waals surface area contributed by atoms with Crippen molar-refractivity contribution < 1.29 is 14.3 Å². The number of anilines is 1. The Morgan fingerprint density at radius 2 is 1.96 bits per heavy atom. The Bertz CT molecular complexity index is 851. The van der Waals surface area contributed by atoms with Crippen LogP contribution in [-0.2, 0) is 4.79 Å². The lowest BCUT2D eigenvalue weighted by Crippen LogP contribution is -2.23. The van der Waals surface area contributed by atoms with Crippen LogP contribution in [0.5, 0.6) is 11.5 Å². The number of ether oxygens (including phenoxy) is 2. The summed E-state index contributed by atoms with van der Waals surface area (Å²) in [7, 11) is 3.25. The zero-order valence-electron chi connectivity index (χ0n) is 15.4. The molecule has 0 aromatic heterocycles. The minimum Gasteiger partial charge on any atom is -0.493 e.